The fourth-order valence-electron chi connectivity index (χ4n) is 5.08. The number of thiophene rings is 1. The number of methoxy groups -OCH3 is 1. The van der Waals surface area contributed by atoms with Crippen LogP contribution in [0.1, 0.15) is 75.5 Å². The number of carboxylic acid groups (broad SMARTS) is 2. The Hall–Kier alpha value is -4.94. The van der Waals surface area contributed by atoms with Crippen molar-refractivity contribution >= 4 is 63.5 Å². The second kappa shape index (κ2) is 13.8. The Balaban J connectivity index is 1.40. The largest absolute Gasteiger partial charge is 0.478 e. The van der Waals surface area contributed by atoms with Gasteiger partial charge in [0.05, 0.1) is 29.4 Å². The van der Waals surface area contributed by atoms with Gasteiger partial charge < -0.3 is 25.6 Å². The van der Waals surface area contributed by atoms with E-state index in [9.17, 15) is 34.2 Å². The topological polar surface area (TPSA) is 159 Å². The number of rotatable bonds is 10. The lowest BCUT2D eigenvalue weighted by molar-refractivity contribution is -0.115. The van der Waals surface area contributed by atoms with Crippen molar-refractivity contribution in [3.63, 3.8) is 0 Å². The van der Waals surface area contributed by atoms with Crippen molar-refractivity contribution in [1.29, 1.82) is 0 Å². The molecule has 4 N–H and O–H groups in total. The summed E-state index contributed by atoms with van der Waals surface area (Å²) in [6.45, 7) is 0. The number of thioether (sulfide) groups is 1. The van der Waals surface area contributed by atoms with E-state index in [0.717, 1.165) is 59.9 Å². The van der Waals surface area contributed by atoms with Gasteiger partial charge in [-0.3, -0.25) is 9.59 Å². The number of benzene rings is 3. The van der Waals surface area contributed by atoms with Gasteiger partial charge in [0, 0.05) is 15.5 Å². The Morgan fingerprint density at radius 2 is 1.60 bits per heavy atom. The van der Waals surface area contributed by atoms with Crippen LogP contribution >= 0.6 is 23.1 Å². The number of hydrogen-bond donors (Lipinski definition) is 4. The number of esters is 1. The van der Waals surface area contributed by atoms with E-state index in [4.69, 9.17) is 4.74 Å². The molecule has 0 saturated heterocycles. The Morgan fingerprint density at radius 3 is 2.31 bits per heavy atom. The highest BCUT2D eigenvalue weighted by atomic mass is 32.2. The number of carbonyl (C=O) groups excluding carboxylic acids is 3. The van der Waals surface area contributed by atoms with Crippen LogP contribution in [0.3, 0.4) is 0 Å². The second-order valence-electron chi connectivity index (χ2n) is 10.2. The maximum atomic E-state index is 13.9. The van der Waals surface area contributed by atoms with E-state index in [1.54, 1.807) is 24.3 Å². The summed E-state index contributed by atoms with van der Waals surface area (Å²) in [6, 6.07) is 19.1. The summed E-state index contributed by atoms with van der Waals surface area (Å²) >= 11 is 2.64. The molecule has 0 bridgehead atoms. The molecule has 5 rings (SSSR count). The van der Waals surface area contributed by atoms with E-state index < -0.39 is 34.6 Å². The van der Waals surface area contributed by atoms with Gasteiger partial charge in [-0.2, -0.15) is 0 Å². The highest BCUT2D eigenvalue weighted by molar-refractivity contribution is 8.00. The number of aromatic carboxylic acids is 2. The van der Waals surface area contributed by atoms with Gasteiger partial charge in [0.25, 0.3) is 5.91 Å². The predicted octanol–water partition coefficient (Wildman–Crippen LogP) is 6.53. The maximum Gasteiger partial charge on any atom is 0.341 e. The number of fused-ring (bicyclic) bond motifs is 1. The zero-order valence-corrected chi connectivity index (χ0v) is 25.6. The fourth-order valence-corrected chi connectivity index (χ4v) is 7.45. The summed E-state index contributed by atoms with van der Waals surface area (Å²) in [7, 11) is 1.32. The molecule has 12 heteroatoms. The first-order chi connectivity index (χ1) is 21.7. The van der Waals surface area contributed by atoms with Crippen molar-refractivity contribution in [2.24, 2.45) is 0 Å². The van der Waals surface area contributed by atoms with Crippen molar-refractivity contribution < 1.29 is 38.9 Å². The lowest BCUT2D eigenvalue weighted by Gasteiger charge is -2.18. The summed E-state index contributed by atoms with van der Waals surface area (Å²) in [4.78, 5) is 64.4. The monoisotopic (exact) mass is 644 g/mol. The summed E-state index contributed by atoms with van der Waals surface area (Å²) in [6.07, 6.45) is 3.57. The van der Waals surface area contributed by atoms with Crippen molar-refractivity contribution in [2.45, 2.75) is 35.8 Å². The van der Waals surface area contributed by atoms with Crippen molar-refractivity contribution in [3.05, 3.63) is 111 Å². The third-order valence-electron chi connectivity index (χ3n) is 7.23. The van der Waals surface area contributed by atoms with Crippen LogP contribution in [-0.4, -0.2) is 47.0 Å². The zero-order valence-electron chi connectivity index (χ0n) is 24.0. The van der Waals surface area contributed by atoms with Crippen LogP contribution in [0.15, 0.2) is 77.7 Å². The van der Waals surface area contributed by atoms with Gasteiger partial charge in [-0.05, 0) is 73.2 Å². The Kier molecular flexibility index (Phi) is 9.65. The maximum absolute atomic E-state index is 13.9. The second-order valence-corrected chi connectivity index (χ2v) is 12.4. The molecule has 3 aromatic carbocycles. The molecule has 1 aliphatic rings. The smallest absolute Gasteiger partial charge is 0.341 e. The third-order valence-corrected chi connectivity index (χ3v) is 9.68. The molecule has 45 heavy (non-hydrogen) atoms. The highest BCUT2D eigenvalue weighted by Crippen LogP contribution is 2.41. The van der Waals surface area contributed by atoms with E-state index in [-0.39, 0.29) is 17.0 Å². The quantitative estimate of drug-likeness (QED) is 0.111. The molecule has 1 aromatic heterocycles. The fraction of sp³-hybridized carbons (Fsp3) is 0.182. The zero-order chi connectivity index (χ0) is 32.1. The highest BCUT2D eigenvalue weighted by Gasteiger charge is 2.30. The number of anilines is 2. The van der Waals surface area contributed by atoms with Gasteiger partial charge in [-0.1, -0.05) is 36.4 Å². The molecular formula is C33H28N2O8S2. The summed E-state index contributed by atoms with van der Waals surface area (Å²) < 4.78 is 5.06. The summed E-state index contributed by atoms with van der Waals surface area (Å²) in [5.74, 6) is -4.31. The van der Waals surface area contributed by atoms with Crippen LogP contribution in [0, 0.1) is 0 Å². The summed E-state index contributed by atoms with van der Waals surface area (Å²) in [5, 5.41) is 24.2. The van der Waals surface area contributed by atoms with Crippen LogP contribution in [0.5, 0.6) is 0 Å². The van der Waals surface area contributed by atoms with E-state index in [2.05, 4.69) is 10.6 Å². The molecule has 2 amide bonds. The van der Waals surface area contributed by atoms with Gasteiger partial charge in [0.15, 0.2) is 0 Å². The van der Waals surface area contributed by atoms with Crippen LogP contribution in [0.2, 0.25) is 0 Å². The molecule has 1 aliphatic carbocycles. The molecule has 0 aliphatic heterocycles. The predicted molar refractivity (Wildman–Crippen MR) is 171 cm³/mol. The molecule has 10 nitrogen and oxygen atoms in total. The van der Waals surface area contributed by atoms with E-state index in [1.165, 1.54) is 30.2 Å². The number of hydrogen-bond acceptors (Lipinski definition) is 8. The van der Waals surface area contributed by atoms with E-state index >= 15 is 0 Å². The van der Waals surface area contributed by atoms with Crippen molar-refractivity contribution in [2.75, 3.05) is 17.7 Å². The first kappa shape index (κ1) is 31.5. The number of carboxylic acids is 2. The first-order valence-corrected chi connectivity index (χ1v) is 15.6. The normalized spacial score (nSPS) is 12.8. The van der Waals surface area contributed by atoms with Gasteiger partial charge in [-0.15, -0.1) is 23.1 Å². The molecule has 0 radical (unpaired) electrons. The number of nitrogens with one attached hydrogen (secondary N) is 2. The lowest BCUT2D eigenvalue weighted by Crippen LogP contribution is -2.20. The third kappa shape index (κ3) is 7.08. The number of aryl methyl sites for hydroxylation is 1. The molecule has 230 valence electrons. The SMILES string of the molecule is COC(=O)c1c(NC(=O)C(Sc2cccc(NC(=O)c3ccc(C(=O)O)cc3C(=O)O)c2)c2ccccc2)sc2c1CCCC2. The molecular weight excluding hydrogens is 617 g/mol. The number of ether oxygens (including phenoxy) is 1. The first-order valence-electron chi connectivity index (χ1n) is 13.9. The van der Waals surface area contributed by atoms with Gasteiger partial charge in [0.1, 0.15) is 10.3 Å². The Morgan fingerprint density at radius 1 is 0.844 bits per heavy atom. The van der Waals surface area contributed by atoms with E-state index in [1.807, 2.05) is 30.3 Å². The minimum absolute atomic E-state index is 0.202. The Labute approximate surface area is 266 Å². The van der Waals surface area contributed by atoms with Gasteiger partial charge >= 0.3 is 17.9 Å². The minimum Gasteiger partial charge on any atom is -0.478 e. The number of amides is 2. The molecule has 1 atom stereocenters. The standard InChI is InChI=1S/C33H28N2O8S2/c1-43-33(42)26-23-12-5-6-13-25(23)45-30(26)35-29(37)27(18-8-3-2-4-9-18)44-21-11-7-10-20(17-21)34-28(36)22-15-14-19(31(38)39)16-24(22)32(40)41/h2-4,7-11,14-17,27H,5-6,12-13H2,1H3,(H,34,36)(H,35,37)(H,38,39)(H,40,41). The molecule has 0 saturated carbocycles. The van der Waals surface area contributed by atoms with Crippen LogP contribution in [0.4, 0.5) is 10.7 Å². The molecule has 4 aromatic rings. The Bertz CT molecular complexity index is 1800. The summed E-state index contributed by atoms with van der Waals surface area (Å²) in [5.41, 5.74) is 1.50. The minimum atomic E-state index is -1.44. The number of carbonyl (C=O) groups is 5. The molecule has 1 unspecified atom stereocenters. The molecule has 0 spiro atoms. The average molecular weight is 645 g/mol. The van der Waals surface area contributed by atoms with Crippen molar-refractivity contribution in [1.82, 2.24) is 0 Å². The van der Waals surface area contributed by atoms with Crippen LogP contribution in [0.25, 0.3) is 0 Å². The van der Waals surface area contributed by atoms with Gasteiger partial charge in [0.2, 0.25) is 5.91 Å². The van der Waals surface area contributed by atoms with Crippen molar-refractivity contribution in [3.8, 4) is 0 Å². The molecule has 0 fully saturated rings. The molecule has 1 heterocycles. The lowest BCUT2D eigenvalue weighted by atomic mass is 9.95. The van der Waals surface area contributed by atoms with Crippen LogP contribution in [-0.2, 0) is 22.4 Å². The van der Waals surface area contributed by atoms with Gasteiger partial charge in [-0.25, -0.2) is 14.4 Å². The average Bonchev–Trinajstić information content (AvgIpc) is 3.41. The van der Waals surface area contributed by atoms with E-state index in [0.29, 0.717) is 21.1 Å². The van der Waals surface area contributed by atoms with Crippen LogP contribution < -0.4 is 10.6 Å².